The topological polar surface area (TPSA) is 124 Å². The first-order valence-corrected chi connectivity index (χ1v) is 9.23. The molecule has 3 aromatic rings. The molecule has 152 valence electrons. The van der Waals surface area contributed by atoms with Gasteiger partial charge in [-0.05, 0) is 40.2 Å². The quantitative estimate of drug-likeness (QED) is 0.453. The van der Waals surface area contributed by atoms with Crippen LogP contribution >= 0.6 is 15.9 Å². The molecule has 0 spiro atoms. The van der Waals surface area contributed by atoms with Crippen LogP contribution in [0.4, 0.5) is 4.39 Å². The highest BCUT2D eigenvalue weighted by atomic mass is 79.9. The molecule has 2 aromatic heterocycles. The van der Waals surface area contributed by atoms with Crippen molar-refractivity contribution in [2.75, 3.05) is 19.7 Å². The second-order valence-electron chi connectivity index (χ2n) is 5.72. The zero-order valence-electron chi connectivity index (χ0n) is 15.0. The average Bonchev–Trinajstić information content (AvgIpc) is 3.34. The van der Waals surface area contributed by atoms with E-state index in [0.29, 0.717) is 11.6 Å². The highest BCUT2D eigenvalue weighted by Gasteiger charge is 2.15. The van der Waals surface area contributed by atoms with E-state index < -0.39 is 5.91 Å². The molecule has 2 amide bonds. The van der Waals surface area contributed by atoms with Gasteiger partial charge < -0.3 is 19.9 Å². The van der Waals surface area contributed by atoms with Crippen molar-refractivity contribution in [2.45, 2.75) is 6.54 Å². The molecule has 0 aliphatic heterocycles. The van der Waals surface area contributed by atoms with Gasteiger partial charge in [0.05, 0.1) is 10.7 Å². The first-order valence-electron chi connectivity index (χ1n) is 8.43. The molecule has 0 atom stereocenters. The molecule has 0 bridgehead atoms. The average molecular weight is 467 g/mol. The lowest BCUT2D eigenvalue weighted by Crippen LogP contribution is -2.36. The van der Waals surface area contributed by atoms with E-state index >= 15 is 0 Å². The fraction of sp³-hybridized carbons (Fsp3) is 0.235. The molecule has 0 saturated heterocycles. The van der Waals surface area contributed by atoms with E-state index in [9.17, 15) is 14.0 Å². The van der Waals surface area contributed by atoms with E-state index in [1.807, 2.05) is 0 Å². The Hall–Kier alpha value is -3.28. The van der Waals surface area contributed by atoms with Crippen LogP contribution < -0.4 is 15.4 Å². The molecule has 0 radical (unpaired) electrons. The first kappa shape index (κ1) is 20.5. The lowest BCUT2D eigenvalue weighted by Gasteiger charge is -2.07. The van der Waals surface area contributed by atoms with E-state index in [4.69, 9.17) is 9.26 Å². The molecule has 0 saturated carbocycles. The predicted molar refractivity (Wildman–Crippen MR) is 101 cm³/mol. The summed E-state index contributed by atoms with van der Waals surface area (Å²) in [6.45, 7) is 0.368. The second kappa shape index (κ2) is 9.78. The Bertz CT molecular complexity index is 974. The highest BCUT2D eigenvalue weighted by Crippen LogP contribution is 2.10. The molecule has 0 unspecified atom stereocenters. The van der Waals surface area contributed by atoms with Gasteiger partial charge in [0.25, 0.3) is 5.91 Å². The molecular formula is C17H16BrFN6O4. The molecule has 0 aliphatic carbocycles. The number of benzene rings is 1. The van der Waals surface area contributed by atoms with Crippen molar-refractivity contribution in [3.8, 4) is 5.75 Å². The summed E-state index contributed by atoms with van der Waals surface area (Å²) in [5, 5.41) is 12.9. The fourth-order valence-electron chi connectivity index (χ4n) is 2.16. The molecule has 12 heteroatoms. The van der Waals surface area contributed by atoms with Crippen LogP contribution in [0.15, 0.2) is 45.7 Å². The van der Waals surface area contributed by atoms with Crippen LogP contribution in [0.1, 0.15) is 16.5 Å². The van der Waals surface area contributed by atoms with Crippen molar-refractivity contribution in [1.29, 1.82) is 0 Å². The van der Waals surface area contributed by atoms with Crippen molar-refractivity contribution in [3.05, 3.63) is 58.7 Å². The number of nitrogens with zero attached hydrogens (tertiary/aromatic N) is 4. The Morgan fingerprint density at radius 2 is 1.97 bits per heavy atom. The van der Waals surface area contributed by atoms with Crippen LogP contribution in [0.25, 0.3) is 0 Å². The normalized spacial score (nSPS) is 10.6. The maximum atomic E-state index is 12.8. The van der Waals surface area contributed by atoms with E-state index in [1.54, 1.807) is 17.1 Å². The van der Waals surface area contributed by atoms with E-state index in [-0.39, 0.29) is 43.9 Å². The maximum Gasteiger partial charge on any atom is 0.316 e. The number of halogens is 2. The van der Waals surface area contributed by atoms with Gasteiger partial charge in [-0.1, -0.05) is 5.16 Å². The van der Waals surface area contributed by atoms with Crippen LogP contribution in [0.5, 0.6) is 5.75 Å². The van der Waals surface area contributed by atoms with Crippen LogP contribution in [0.2, 0.25) is 0 Å². The summed E-state index contributed by atoms with van der Waals surface area (Å²) in [5.74, 6) is -0.824. The predicted octanol–water partition coefficient (Wildman–Crippen LogP) is 1.14. The minimum Gasteiger partial charge on any atom is -0.484 e. The molecular weight excluding hydrogens is 451 g/mol. The third-order valence-corrected chi connectivity index (χ3v) is 3.89. The summed E-state index contributed by atoms with van der Waals surface area (Å²) >= 11 is 3.28. The van der Waals surface area contributed by atoms with Gasteiger partial charge in [0.1, 0.15) is 18.1 Å². The number of hydrogen-bond donors (Lipinski definition) is 2. The van der Waals surface area contributed by atoms with Gasteiger partial charge in [-0.3, -0.25) is 14.3 Å². The SMILES string of the molecule is O=C(COc1ccc(F)cc1)NCCNC(=O)c1nc(Cn2cc(Br)cn2)no1. The standard InChI is InChI=1S/C17H16BrFN6O4/c18-11-7-22-25(8-11)9-14-23-17(29-24-14)16(27)21-6-5-20-15(26)10-28-13-3-1-12(19)2-4-13/h1-4,7-8H,5-6,9-10H2,(H,20,26)(H,21,27). The van der Waals surface area contributed by atoms with Gasteiger partial charge in [0, 0.05) is 19.3 Å². The zero-order valence-corrected chi connectivity index (χ0v) is 16.6. The zero-order chi connectivity index (χ0) is 20.6. The van der Waals surface area contributed by atoms with Crippen molar-refractivity contribution >= 4 is 27.7 Å². The third kappa shape index (κ3) is 6.38. The summed E-state index contributed by atoms with van der Waals surface area (Å²) in [6, 6.07) is 5.32. The molecule has 0 fully saturated rings. The summed E-state index contributed by atoms with van der Waals surface area (Å²) in [7, 11) is 0. The minimum atomic E-state index is -0.554. The van der Waals surface area contributed by atoms with Crippen LogP contribution in [-0.4, -0.2) is 51.4 Å². The lowest BCUT2D eigenvalue weighted by molar-refractivity contribution is -0.123. The highest BCUT2D eigenvalue weighted by molar-refractivity contribution is 9.10. The number of carbonyl (C=O) groups excluding carboxylic acids is 2. The Kier molecular flexibility index (Phi) is 6.89. The Morgan fingerprint density at radius 1 is 1.21 bits per heavy atom. The summed E-state index contributed by atoms with van der Waals surface area (Å²) in [5.41, 5.74) is 0. The number of ether oxygens (including phenoxy) is 1. The number of aromatic nitrogens is 4. The molecule has 1 aromatic carbocycles. The summed E-state index contributed by atoms with van der Waals surface area (Å²) < 4.78 is 25.3. The number of amides is 2. The van der Waals surface area contributed by atoms with Crippen molar-refractivity contribution in [2.24, 2.45) is 0 Å². The molecule has 29 heavy (non-hydrogen) atoms. The molecule has 0 aliphatic rings. The van der Waals surface area contributed by atoms with E-state index in [0.717, 1.165) is 4.47 Å². The largest absolute Gasteiger partial charge is 0.484 e. The van der Waals surface area contributed by atoms with Gasteiger partial charge in [-0.25, -0.2) is 4.39 Å². The van der Waals surface area contributed by atoms with Gasteiger partial charge in [-0.2, -0.15) is 10.1 Å². The second-order valence-corrected chi connectivity index (χ2v) is 6.64. The third-order valence-electron chi connectivity index (χ3n) is 3.48. The smallest absolute Gasteiger partial charge is 0.316 e. The lowest BCUT2D eigenvalue weighted by atomic mass is 10.3. The van der Waals surface area contributed by atoms with Crippen LogP contribution in [0, 0.1) is 5.82 Å². The Balaban J connectivity index is 1.34. The number of carbonyl (C=O) groups is 2. The Morgan fingerprint density at radius 3 is 2.69 bits per heavy atom. The van der Waals surface area contributed by atoms with Crippen LogP contribution in [-0.2, 0) is 11.3 Å². The first-order chi connectivity index (χ1) is 14.0. The van der Waals surface area contributed by atoms with Gasteiger partial charge >= 0.3 is 11.8 Å². The minimum absolute atomic E-state index is 0.158. The van der Waals surface area contributed by atoms with Crippen molar-refractivity contribution < 1.29 is 23.2 Å². The number of nitrogens with one attached hydrogen (secondary N) is 2. The van der Waals surface area contributed by atoms with E-state index in [2.05, 4.69) is 41.8 Å². The molecule has 2 N–H and O–H groups in total. The summed E-state index contributed by atoms with van der Waals surface area (Å²) in [4.78, 5) is 27.7. The van der Waals surface area contributed by atoms with Gasteiger partial charge in [-0.15, -0.1) is 0 Å². The Labute approximate surface area is 172 Å². The van der Waals surface area contributed by atoms with Crippen molar-refractivity contribution in [1.82, 2.24) is 30.6 Å². The van der Waals surface area contributed by atoms with Crippen LogP contribution in [0.3, 0.4) is 0 Å². The molecule has 2 heterocycles. The monoisotopic (exact) mass is 466 g/mol. The number of rotatable bonds is 9. The number of hydrogen-bond acceptors (Lipinski definition) is 7. The fourth-order valence-corrected chi connectivity index (χ4v) is 2.49. The maximum absolute atomic E-state index is 12.8. The summed E-state index contributed by atoms with van der Waals surface area (Å²) in [6.07, 6.45) is 3.35. The van der Waals surface area contributed by atoms with E-state index in [1.165, 1.54) is 24.3 Å². The van der Waals surface area contributed by atoms with Crippen molar-refractivity contribution in [3.63, 3.8) is 0 Å². The molecule has 3 rings (SSSR count). The van der Waals surface area contributed by atoms with Gasteiger partial charge in [0.2, 0.25) is 0 Å². The van der Waals surface area contributed by atoms with Gasteiger partial charge in [0.15, 0.2) is 12.4 Å². The molecule has 10 nitrogen and oxygen atoms in total.